The summed E-state index contributed by atoms with van der Waals surface area (Å²) in [5, 5.41) is 6.45. The first-order valence-electron chi connectivity index (χ1n) is 6.39. The molecule has 1 fully saturated rings. The lowest BCUT2D eigenvalue weighted by Gasteiger charge is -2.31. The van der Waals surface area contributed by atoms with Crippen LogP contribution in [-0.4, -0.2) is 49.6 Å². The standard InChI is InChI=1S/C12H25N3O/c1-4-15(5-2)9-12(16)14-11-8-13-7-6-10(11)3/h10-11,13H,4-9H2,1-3H3,(H,14,16). The minimum Gasteiger partial charge on any atom is -0.351 e. The summed E-state index contributed by atoms with van der Waals surface area (Å²) in [6.07, 6.45) is 1.15. The van der Waals surface area contributed by atoms with E-state index in [-0.39, 0.29) is 5.91 Å². The molecule has 4 nitrogen and oxygen atoms in total. The smallest absolute Gasteiger partial charge is 0.234 e. The lowest BCUT2D eigenvalue weighted by atomic mass is 9.95. The number of carbonyl (C=O) groups excluding carboxylic acids is 1. The Bertz CT molecular complexity index is 216. The van der Waals surface area contributed by atoms with Gasteiger partial charge >= 0.3 is 0 Å². The van der Waals surface area contributed by atoms with Gasteiger partial charge in [-0.2, -0.15) is 0 Å². The molecule has 1 amide bonds. The molecule has 2 atom stereocenters. The molecule has 1 aliphatic heterocycles. The van der Waals surface area contributed by atoms with E-state index in [1.807, 2.05) is 0 Å². The summed E-state index contributed by atoms with van der Waals surface area (Å²) in [5.74, 6) is 0.742. The summed E-state index contributed by atoms with van der Waals surface area (Å²) in [6, 6.07) is 0.303. The van der Waals surface area contributed by atoms with Crippen molar-refractivity contribution in [3.05, 3.63) is 0 Å². The fourth-order valence-electron chi connectivity index (χ4n) is 2.09. The maximum atomic E-state index is 11.8. The van der Waals surface area contributed by atoms with Crippen molar-refractivity contribution in [2.24, 2.45) is 5.92 Å². The Balaban J connectivity index is 2.32. The normalized spacial score (nSPS) is 25.8. The fourth-order valence-corrected chi connectivity index (χ4v) is 2.09. The van der Waals surface area contributed by atoms with Crippen LogP contribution in [0.4, 0.5) is 0 Å². The van der Waals surface area contributed by atoms with Crippen molar-refractivity contribution in [2.45, 2.75) is 33.2 Å². The molecule has 0 aromatic heterocycles. The Kier molecular flexibility index (Phi) is 5.77. The van der Waals surface area contributed by atoms with E-state index in [0.717, 1.165) is 32.6 Å². The molecule has 94 valence electrons. The SMILES string of the molecule is CCN(CC)CC(=O)NC1CNCCC1C. The highest BCUT2D eigenvalue weighted by Crippen LogP contribution is 2.10. The molecule has 1 rings (SSSR count). The number of carbonyl (C=O) groups is 1. The summed E-state index contributed by atoms with van der Waals surface area (Å²) in [6.45, 7) is 10.8. The second kappa shape index (κ2) is 6.86. The molecule has 0 aromatic rings. The molecule has 2 N–H and O–H groups in total. The van der Waals surface area contributed by atoms with Gasteiger partial charge in [0.1, 0.15) is 0 Å². The van der Waals surface area contributed by atoms with Crippen LogP contribution < -0.4 is 10.6 Å². The number of hydrogen-bond donors (Lipinski definition) is 2. The quantitative estimate of drug-likeness (QED) is 0.716. The highest BCUT2D eigenvalue weighted by molar-refractivity contribution is 5.78. The maximum absolute atomic E-state index is 11.8. The highest BCUT2D eigenvalue weighted by atomic mass is 16.2. The van der Waals surface area contributed by atoms with Crippen molar-refractivity contribution in [1.82, 2.24) is 15.5 Å². The van der Waals surface area contributed by atoms with E-state index >= 15 is 0 Å². The Morgan fingerprint density at radius 2 is 2.12 bits per heavy atom. The van der Waals surface area contributed by atoms with Crippen LogP contribution in [0.15, 0.2) is 0 Å². The minimum atomic E-state index is 0.157. The van der Waals surface area contributed by atoms with Crippen LogP contribution in [0.5, 0.6) is 0 Å². The third-order valence-electron chi connectivity index (χ3n) is 3.44. The molecule has 16 heavy (non-hydrogen) atoms. The van der Waals surface area contributed by atoms with E-state index in [4.69, 9.17) is 0 Å². The molecule has 2 unspecified atom stereocenters. The molecule has 1 heterocycles. The summed E-state index contributed by atoms with van der Waals surface area (Å²) < 4.78 is 0. The van der Waals surface area contributed by atoms with Crippen LogP contribution in [0.25, 0.3) is 0 Å². The first-order chi connectivity index (χ1) is 7.67. The van der Waals surface area contributed by atoms with Crippen molar-refractivity contribution in [2.75, 3.05) is 32.7 Å². The predicted molar refractivity (Wildman–Crippen MR) is 66.4 cm³/mol. The number of piperidine rings is 1. The van der Waals surface area contributed by atoms with E-state index in [0.29, 0.717) is 18.5 Å². The van der Waals surface area contributed by atoms with Gasteiger partial charge in [0.15, 0.2) is 0 Å². The van der Waals surface area contributed by atoms with Gasteiger partial charge in [-0.15, -0.1) is 0 Å². The zero-order valence-corrected chi connectivity index (χ0v) is 10.8. The molecule has 0 saturated carbocycles. The largest absolute Gasteiger partial charge is 0.351 e. The Hall–Kier alpha value is -0.610. The van der Waals surface area contributed by atoms with Gasteiger partial charge in [-0.1, -0.05) is 20.8 Å². The summed E-state index contributed by atoms with van der Waals surface area (Å²) in [5.41, 5.74) is 0. The highest BCUT2D eigenvalue weighted by Gasteiger charge is 2.22. The Morgan fingerprint density at radius 3 is 2.69 bits per heavy atom. The lowest BCUT2D eigenvalue weighted by Crippen LogP contribution is -2.52. The fraction of sp³-hybridized carbons (Fsp3) is 0.917. The summed E-state index contributed by atoms with van der Waals surface area (Å²) in [7, 11) is 0. The van der Waals surface area contributed by atoms with Gasteiger partial charge in [0.2, 0.25) is 5.91 Å². The average Bonchev–Trinajstić information content (AvgIpc) is 2.29. The van der Waals surface area contributed by atoms with E-state index in [1.54, 1.807) is 0 Å². The molecule has 1 aliphatic rings. The van der Waals surface area contributed by atoms with E-state index < -0.39 is 0 Å². The first kappa shape index (κ1) is 13.5. The van der Waals surface area contributed by atoms with Gasteiger partial charge in [0.05, 0.1) is 6.54 Å². The molecule has 0 aromatic carbocycles. The lowest BCUT2D eigenvalue weighted by molar-refractivity contribution is -0.123. The average molecular weight is 227 g/mol. The van der Waals surface area contributed by atoms with Crippen molar-refractivity contribution >= 4 is 5.91 Å². The molecule has 0 aliphatic carbocycles. The summed E-state index contributed by atoms with van der Waals surface area (Å²) >= 11 is 0. The van der Waals surface area contributed by atoms with Crippen LogP contribution >= 0.6 is 0 Å². The summed E-state index contributed by atoms with van der Waals surface area (Å²) in [4.78, 5) is 13.9. The van der Waals surface area contributed by atoms with Gasteiger partial charge in [-0.05, 0) is 32.0 Å². The van der Waals surface area contributed by atoms with Crippen LogP contribution in [0.3, 0.4) is 0 Å². The predicted octanol–water partition coefficient (Wildman–Crippen LogP) is 0.442. The number of nitrogens with zero attached hydrogens (tertiary/aromatic N) is 1. The molecule has 0 bridgehead atoms. The van der Waals surface area contributed by atoms with E-state index in [9.17, 15) is 4.79 Å². The van der Waals surface area contributed by atoms with E-state index in [1.165, 1.54) is 0 Å². The molecular formula is C12H25N3O. The number of rotatable bonds is 5. The van der Waals surface area contributed by atoms with E-state index in [2.05, 4.69) is 36.3 Å². The molecule has 4 heteroatoms. The van der Waals surface area contributed by atoms with Crippen molar-refractivity contribution in [1.29, 1.82) is 0 Å². The molecule has 0 radical (unpaired) electrons. The van der Waals surface area contributed by atoms with Gasteiger partial charge in [-0.25, -0.2) is 0 Å². The number of hydrogen-bond acceptors (Lipinski definition) is 3. The second-order valence-corrected chi connectivity index (χ2v) is 4.61. The second-order valence-electron chi connectivity index (χ2n) is 4.61. The third-order valence-corrected chi connectivity index (χ3v) is 3.44. The first-order valence-corrected chi connectivity index (χ1v) is 6.39. The zero-order chi connectivity index (χ0) is 12.0. The number of likely N-dealkylation sites (N-methyl/N-ethyl adjacent to an activating group) is 1. The zero-order valence-electron chi connectivity index (χ0n) is 10.8. The van der Waals surface area contributed by atoms with Crippen molar-refractivity contribution < 1.29 is 4.79 Å². The molecule has 1 saturated heterocycles. The maximum Gasteiger partial charge on any atom is 0.234 e. The van der Waals surface area contributed by atoms with Gasteiger partial charge < -0.3 is 10.6 Å². The minimum absolute atomic E-state index is 0.157. The number of nitrogens with one attached hydrogen (secondary N) is 2. The van der Waals surface area contributed by atoms with Crippen molar-refractivity contribution in [3.8, 4) is 0 Å². The van der Waals surface area contributed by atoms with Crippen molar-refractivity contribution in [3.63, 3.8) is 0 Å². The third kappa shape index (κ3) is 4.10. The Labute approximate surface area is 98.8 Å². The van der Waals surface area contributed by atoms with Crippen LogP contribution in [0.1, 0.15) is 27.2 Å². The van der Waals surface area contributed by atoms with Gasteiger partial charge in [-0.3, -0.25) is 9.69 Å². The number of amides is 1. The Morgan fingerprint density at radius 1 is 1.44 bits per heavy atom. The molecular weight excluding hydrogens is 202 g/mol. The van der Waals surface area contributed by atoms with Crippen LogP contribution in [-0.2, 0) is 4.79 Å². The van der Waals surface area contributed by atoms with Crippen LogP contribution in [0.2, 0.25) is 0 Å². The monoisotopic (exact) mass is 227 g/mol. The topological polar surface area (TPSA) is 44.4 Å². The van der Waals surface area contributed by atoms with Gasteiger partial charge in [0, 0.05) is 12.6 Å². The molecule has 0 spiro atoms. The van der Waals surface area contributed by atoms with Gasteiger partial charge in [0.25, 0.3) is 0 Å². The van der Waals surface area contributed by atoms with Crippen LogP contribution in [0, 0.1) is 5.92 Å².